The fourth-order valence-electron chi connectivity index (χ4n) is 1.81. The highest BCUT2D eigenvalue weighted by Gasteiger charge is 2.25. The van der Waals surface area contributed by atoms with Gasteiger partial charge in [-0.15, -0.1) is 0 Å². The number of methoxy groups -OCH3 is 1. The standard InChI is InChI=1S/C13H18N2O6/c1-3-4-5-6-7-21-13-9-10(14(16)17)12(20-2)8-11(13)15(18)19/h8-9H,3-7H2,1-2H3. The molecule has 0 bridgehead atoms. The Bertz CT molecular complexity index is 518. The fourth-order valence-corrected chi connectivity index (χ4v) is 1.81. The van der Waals surface area contributed by atoms with Crippen molar-refractivity contribution < 1.29 is 19.3 Å². The van der Waals surface area contributed by atoms with Gasteiger partial charge in [-0.1, -0.05) is 26.2 Å². The maximum Gasteiger partial charge on any atom is 0.315 e. The van der Waals surface area contributed by atoms with Crippen LogP contribution in [0.1, 0.15) is 32.6 Å². The SMILES string of the molecule is CCCCCCOc1cc([N+](=O)[O-])c(OC)cc1[N+](=O)[O-]. The summed E-state index contributed by atoms with van der Waals surface area (Å²) < 4.78 is 10.1. The second-order valence-corrected chi connectivity index (χ2v) is 4.42. The second-order valence-electron chi connectivity index (χ2n) is 4.42. The molecule has 1 rings (SSSR count). The van der Waals surface area contributed by atoms with Gasteiger partial charge in [0.05, 0.1) is 35.7 Å². The molecule has 1 aromatic rings. The van der Waals surface area contributed by atoms with Crippen molar-refractivity contribution >= 4 is 11.4 Å². The smallest absolute Gasteiger partial charge is 0.315 e. The van der Waals surface area contributed by atoms with Gasteiger partial charge in [0.2, 0.25) is 11.5 Å². The fraction of sp³-hybridized carbons (Fsp3) is 0.538. The summed E-state index contributed by atoms with van der Waals surface area (Å²) in [6.45, 7) is 2.35. The molecule has 0 aliphatic heterocycles. The van der Waals surface area contributed by atoms with E-state index in [2.05, 4.69) is 6.92 Å². The molecular weight excluding hydrogens is 280 g/mol. The lowest BCUT2D eigenvalue weighted by Gasteiger charge is -2.08. The molecule has 0 saturated carbocycles. The number of hydrogen-bond acceptors (Lipinski definition) is 6. The van der Waals surface area contributed by atoms with E-state index < -0.39 is 9.85 Å². The third-order valence-electron chi connectivity index (χ3n) is 2.91. The first-order chi connectivity index (χ1) is 10.0. The van der Waals surface area contributed by atoms with Crippen molar-refractivity contribution in [3.8, 4) is 11.5 Å². The first-order valence-corrected chi connectivity index (χ1v) is 6.64. The van der Waals surface area contributed by atoms with Crippen molar-refractivity contribution in [2.75, 3.05) is 13.7 Å². The summed E-state index contributed by atoms with van der Waals surface area (Å²) in [6.07, 6.45) is 3.80. The Morgan fingerprint density at radius 1 is 1.00 bits per heavy atom. The third kappa shape index (κ3) is 4.59. The van der Waals surface area contributed by atoms with Gasteiger partial charge in [0.15, 0.2) is 0 Å². The molecule has 0 unspecified atom stereocenters. The molecule has 0 fully saturated rings. The van der Waals surface area contributed by atoms with Crippen molar-refractivity contribution in [1.82, 2.24) is 0 Å². The van der Waals surface area contributed by atoms with Crippen LogP contribution in [0.3, 0.4) is 0 Å². The van der Waals surface area contributed by atoms with Crippen molar-refractivity contribution in [2.45, 2.75) is 32.6 Å². The van der Waals surface area contributed by atoms with Crippen LogP contribution in [0, 0.1) is 20.2 Å². The number of hydrogen-bond donors (Lipinski definition) is 0. The maximum absolute atomic E-state index is 11.0. The van der Waals surface area contributed by atoms with Crippen LogP contribution < -0.4 is 9.47 Å². The largest absolute Gasteiger partial charge is 0.490 e. The van der Waals surface area contributed by atoms with Gasteiger partial charge in [-0.2, -0.15) is 0 Å². The van der Waals surface area contributed by atoms with Gasteiger partial charge >= 0.3 is 11.4 Å². The van der Waals surface area contributed by atoms with E-state index in [9.17, 15) is 20.2 Å². The van der Waals surface area contributed by atoms with E-state index in [0.717, 1.165) is 37.8 Å². The first kappa shape index (κ1) is 16.7. The molecule has 0 amide bonds. The van der Waals surface area contributed by atoms with Crippen LogP contribution in [-0.4, -0.2) is 23.6 Å². The lowest BCUT2D eigenvalue weighted by Crippen LogP contribution is -2.03. The van der Waals surface area contributed by atoms with Gasteiger partial charge in [-0.3, -0.25) is 20.2 Å². The average molecular weight is 298 g/mol. The topological polar surface area (TPSA) is 105 Å². The highest BCUT2D eigenvalue weighted by atomic mass is 16.6. The molecule has 116 valence electrons. The molecule has 0 atom stereocenters. The summed E-state index contributed by atoms with van der Waals surface area (Å²) >= 11 is 0. The minimum Gasteiger partial charge on any atom is -0.490 e. The van der Waals surface area contributed by atoms with Gasteiger partial charge in [0.1, 0.15) is 0 Å². The Morgan fingerprint density at radius 2 is 1.57 bits per heavy atom. The Hall–Kier alpha value is -2.38. The van der Waals surface area contributed by atoms with Gasteiger partial charge in [-0.05, 0) is 6.42 Å². The zero-order valence-corrected chi connectivity index (χ0v) is 12.0. The summed E-state index contributed by atoms with van der Waals surface area (Å²) in [7, 11) is 1.22. The van der Waals surface area contributed by atoms with Gasteiger partial charge in [0, 0.05) is 0 Å². The molecule has 0 aromatic heterocycles. The zero-order chi connectivity index (χ0) is 15.8. The van der Waals surface area contributed by atoms with Crippen LogP contribution in [0.15, 0.2) is 12.1 Å². The van der Waals surface area contributed by atoms with Crippen molar-refractivity contribution in [3.05, 3.63) is 32.4 Å². The van der Waals surface area contributed by atoms with Gasteiger partial charge < -0.3 is 9.47 Å². The highest BCUT2D eigenvalue weighted by Crippen LogP contribution is 2.38. The number of benzene rings is 1. The van der Waals surface area contributed by atoms with E-state index in [0.29, 0.717) is 0 Å². The van der Waals surface area contributed by atoms with Crippen LogP contribution in [0.4, 0.5) is 11.4 Å². The van der Waals surface area contributed by atoms with Crippen molar-refractivity contribution in [2.24, 2.45) is 0 Å². The summed E-state index contributed by atoms with van der Waals surface area (Å²) in [5.74, 6) is -0.269. The molecule has 0 N–H and O–H groups in total. The lowest BCUT2D eigenvalue weighted by atomic mass is 10.2. The highest BCUT2D eigenvalue weighted by molar-refractivity contribution is 5.61. The number of ether oxygens (including phenoxy) is 2. The van der Waals surface area contributed by atoms with E-state index in [1.54, 1.807) is 0 Å². The molecule has 0 aliphatic carbocycles. The molecule has 0 saturated heterocycles. The number of rotatable bonds is 9. The second kappa shape index (κ2) is 8.03. The average Bonchev–Trinajstić information content (AvgIpc) is 2.45. The number of nitrogens with zero attached hydrogens (tertiary/aromatic N) is 2. The van der Waals surface area contributed by atoms with Crippen LogP contribution >= 0.6 is 0 Å². The Morgan fingerprint density at radius 3 is 2.10 bits per heavy atom. The summed E-state index contributed by atoms with van der Waals surface area (Å²) in [5, 5.41) is 21.9. The molecule has 1 aromatic carbocycles. The van der Waals surface area contributed by atoms with E-state index in [4.69, 9.17) is 9.47 Å². The molecule has 8 nitrogen and oxygen atoms in total. The predicted octanol–water partition coefficient (Wildman–Crippen LogP) is 3.47. The van der Waals surface area contributed by atoms with Crippen LogP contribution in [0.5, 0.6) is 11.5 Å². The van der Waals surface area contributed by atoms with Crippen LogP contribution in [0.25, 0.3) is 0 Å². The van der Waals surface area contributed by atoms with Crippen molar-refractivity contribution in [3.63, 3.8) is 0 Å². The Kier molecular flexibility index (Phi) is 6.38. The minimum absolute atomic E-state index is 0.107. The predicted molar refractivity (Wildman–Crippen MR) is 75.9 cm³/mol. The Balaban J connectivity index is 2.96. The summed E-state index contributed by atoms with van der Waals surface area (Å²) in [6, 6.07) is 2.05. The van der Waals surface area contributed by atoms with E-state index in [1.165, 1.54) is 7.11 Å². The molecule has 0 heterocycles. The zero-order valence-electron chi connectivity index (χ0n) is 12.0. The lowest BCUT2D eigenvalue weighted by molar-refractivity contribution is -0.390. The number of unbranched alkanes of at least 4 members (excludes halogenated alkanes) is 3. The molecule has 0 aliphatic rings. The van der Waals surface area contributed by atoms with E-state index in [-0.39, 0.29) is 29.5 Å². The third-order valence-corrected chi connectivity index (χ3v) is 2.91. The van der Waals surface area contributed by atoms with Crippen LogP contribution in [-0.2, 0) is 0 Å². The normalized spacial score (nSPS) is 10.2. The minimum atomic E-state index is -0.660. The van der Waals surface area contributed by atoms with E-state index >= 15 is 0 Å². The van der Waals surface area contributed by atoms with Gasteiger partial charge in [0.25, 0.3) is 0 Å². The van der Waals surface area contributed by atoms with Crippen LogP contribution in [0.2, 0.25) is 0 Å². The quantitative estimate of drug-likeness (QED) is 0.392. The maximum atomic E-state index is 11.0. The van der Waals surface area contributed by atoms with E-state index in [1.807, 2.05) is 0 Å². The summed E-state index contributed by atoms with van der Waals surface area (Å²) in [4.78, 5) is 20.6. The number of nitro groups is 2. The molecule has 0 spiro atoms. The molecule has 21 heavy (non-hydrogen) atoms. The van der Waals surface area contributed by atoms with Gasteiger partial charge in [-0.25, -0.2) is 0 Å². The Labute approximate surface area is 122 Å². The number of nitro benzene ring substituents is 2. The summed E-state index contributed by atoms with van der Waals surface area (Å²) in [5.41, 5.74) is -0.695. The first-order valence-electron chi connectivity index (χ1n) is 6.64. The monoisotopic (exact) mass is 298 g/mol. The van der Waals surface area contributed by atoms with Crippen molar-refractivity contribution in [1.29, 1.82) is 0 Å². The molecule has 0 radical (unpaired) electrons. The molecule has 8 heteroatoms. The molecular formula is C13H18N2O6.